The highest BCUT2D eigenvalue weighted by molar-refractivity contribution is 5.75. The largest absolute Gasteiger partial charge is 0.298 e. The van der Waals surface area contributed by atoms with Crippen LogP contribution in [0.2, 0.25) is 0 Å². The van der Waals surface area contributed by atoms with E-state index in [4.69, 9.17) is 0 Å². The summed E-state index contributed by atoms with van der Waals surface area (Å²) in [5.74, 6) is 0.802. The number of nitrogens with zero attached hydrogens (tertiary/aromatic N) is 3. The van der Waals surface area contributed by atoms with Gasteiger partial charge in [0.25, 0.3) is 0 Å². The highest BCUT2D eigenvalue weighted by atomic mass is 16.1. The summed E-state index contributed by atoms with van der Waals surface area (Å²) in [5, 5.41) is 4.25. The van der Waals surface area contributed by atoms with Gasteiger partial charge in [0.05, 0.1) is 0 Å². The molecule has 0 saturated carbocycles. The Morgan fingerprint density at radius 3 is 3.00 bits per heavy atom. The number of aromatic nitrogens is 3. The van der Waals surface area contributed by atoms with Gasteiger partial charge in [-0.3, -0.25) is 4.79 Å². The first kappa shape index (κ1) is 8.87. The Morgan fingerprint density at radius 1 is 1.57 bits per heavy atom. The number of fused-ring (bicyclic) bond motifs is 1. The van der Waals surface area contributed by atoms with Crippen molar-refractivity contribution in [2.24, 2.45) is 0 Å². The third kappa shape index (κ3) is 1.28. The molecular weight excluding hydrogens is 178 g/mol. The van der Waals surface area contributed by atoms with Crippen LogP contribution in [0.25, 0.3) is 5.65 Å². The van der Waals surface area contributed by atoms with Gasteiger partial charge in [-0.2, -0.15) is 5.10 Å². The predicted octanol–water partition coefficient (Wildman–Crippen LogP) is 1.41. The molecule has 4 nitrogen and oxygen atoms in total. The summed E-state index contributed by atoms with van der Waals surface area (Å²) in [6.07, 6.45) is 3.32. The van der Waals surface area contributed by atoms with E-state index in [1.165, 1.54) is 0 Å². The average molecular weight is 189 g/mol. The minimum absolute atomic E-state index is 0.627. The van der Waals surface area contributed by atoms with Crippen molar-refractivity contribution >= 4 is 11.9 Å². The molecular formula is C10H11N3O. The summed E-state index contributed by atoms with van der Waals surface area (Å²) in [6.45, 7) is 3.93. The maximum absolute atomic E-state index is 10.6. The molecule has 0 aliphatic carbocycles. The lowest BCUT2D eigenvalue weighted by Gasteiger charge is -1.96. The van der Waals surface area contributed by atoms with Crippen LogP contribution in [0, 0.1) is 6.92 Å². The Kier molecular flexibility index (Phi) is 2.04. The van der Waals surface area contributed by atoms with E-state index in [1.807, 2.05) is 19.9 Å². The van der Waals surface area contributed by atoms with Crippen LogP contribution in [0.5, 0.6) is 0 Å². The maximum Gasteiger partial charge on any atom is 0.158 e. The van der Waals surface area contributed by atoms with Gasteiger partial charge in [0.1, 0.15) is 0 Å². The zero-order chi connectivity index (χ0) is 10.1. The highest BCUT2D eigenvalue weighted by Crippen LogP contribution is 2.10. The third-order valence-corrected chi connectivity index (χ3v) is 2.13. The first-order valence-electron chi connectivity index (χ1n) is 4.55. The first-order valence-corrected chi connectivity index (χ1v) is 4.55. The van der Waals surface area contributed by atoms with Gasteiger partial charge >= 0.3 is 0 Å². The summed E-state index contributed by atoms with van der Waals surface area (Å²) in [5.41, 5.74) is 2.43. The van der Waals surface area contributed by atoms with Crippen LogP contribution >= 0.6 is 0 Å². The molecule has 2 aromatic heterocycles. The van der Waals surface area contributed by atoms with Crippen LogP contribution in [0.1, 0.15) is 28.7 Å². The molecule has 2 aromatic rings. The molecule has 0 saturated heterocycles. The van der Waals surface area contributed by atoms with Crippen LogP contribution in [0.4, 0.5) is 0 Å². The molecule has 72 valence electrons. The van der Waals surface area contributed by atoms with Crippen molar-refractivity contribution in [3.63, 3.8) is 0 Å². The van der Waals surface area contributed by atoms with E-state index >= 15 is 0 Å². The first-order chi connectivity index (χ1) is 6.74. The molecule has 2 rings (SSSR count). The number of aldehydes is 1. The van der Waals surface area contributed by atoms with Gasteiger partial charge in [-0.25, -0.2) is 9.50 Å². The van der Waals surface area contributed by atoms with E-state index in [1.54, 1.807) is 10.7 Å². The third-order valence-electron chi connectivity index (χ3n) is 2.13. The Hall–Kier alpha value is -1.71. The van der Waals surface area contributed by atoms with Gasteiger partial charge in [-0.1, -0.05) is 6.92 Å². The molecule has 0 unspecified atom stereocenters. The Balaban J connectivity index is 2.73. The molecule has 0 radical (unpaired) electrons. The van der Waals surface area contributed by atoms with Crippen LogP contribution in [-0.4, -0.2) is 20.9 Å². The number of rotatable bonds is 2. The molecule has 0 atom stereocenters. The molecule has 0 fully saturated rings. The van der Waals surface area contributed by atoms with E-state index in [0.29, 0.717) is 5.56 Å². The van der Waals surface area contributed by atoms with E-state index < -0.39 is 0 Å². The minimum atomic E-state index is 0.627. The predicted molar refractivity (Wildman–Crippen MR) is 52.5 cm³/mol. The standard InChI is InChI=1S/C10H11N3O/c1-3-9-11-10-7(2)4-8(6-14)5-13(10)12-9/h4-6H,3H2,1-2H3. The summed E-state index contributed by atoms with van der Waals surface area (Å²) in [7, 11) is 0. The fourth-order valence-corrected chi connectivity index (χ4v) is 1.43. The molecule has 0 bridgehead atoms. The SMILES string of the molecule is CCc1nc2c(C)cc(C=O)cn2n1. The van der Waals surface area contributed by atoms with Crippen molar-refractivity contribution < 1.29 is 4.79 Å². The molecule has 4 heteroatoms. The van der Waals surface area contributed by atoms with Crippen molar-refractivity contribution in [3.8, 4) is 0 Å². The fraction of sp³-hybridized carbons (Fsp3) is 0.300. The second kappa shape index (κ2) is 3.21. The maximum atomic E-state index is 10.6. The summed E-state index contributed by atoms with van der Waals surface area (Å²) in [4.78, 5) is 15.0. The lowest BCUT2D eigenvalue weighted by Crippen LogP contribution is -1.93. The van der Waals surface area contributed by atoms with Crippen LogP contribution in [0.3, 0.4) is 0 Å². The van der Waals surface area contributed by atoms with Crippen LogP contribution in [-0.2, 0) is 6.42 Å². The van der Waals surface area contributed by atoms with E-state index in [-0.39, 0.29) is 0 Å². The normalized spacial score (nSPS) is 10.7. The van der Waals surface area contributed by atoms with Crippen molar-refractivity contribution in [2.75, 3.05) is 0 Å². The molecule has 14 heavy (non-hydrogen) atoms. The number of pyridine rings is 1. The zero-order valence-corrected chi connectivity index (χ0v) is 8.19. The van der Waals surface area contributed by atoms with Gasteiger partial charge < -0.3 is 0 Å². The van der Waals surface area contributed by atoms with E-state index in [2.05, 4.69) is 10.1 Å². The summed E-state index contributed by atoms with van der Waals surface area (Å²) >= 11 is 0. The van der Waals surface area contributed by atoms with Gasteiger partial charge in [0.15, 0.2) is 17.8 Å². The number of hydrogen-bond acceptors (Lipinski definition) is 3. The molecule has 0 aliphatic rings. The zero-order valence-electron chi connectivity index (χ0n) is 8.19. The molecule has 0 spiro atoms. The topological polar surface area (TPSA) is 47.3 Å². The average Bonchev–Trinajstić information content (AvgIpc) is 2.61. The van der Waals surface area contributed by atoms with E-state index in [0.717, 1.165) is 29.7 Å². The van der Waals surface area contributed by atoms with Gasteiger partial charge in [0, 0.05) is 18.2 Å². The van der Waals surface area contributed by atoms with Crippen molar-refractivity contribution in [1.29, 1.82) is 0 Å². The monoisotopic (exact) mass is 189 g/mol. The van der Waals surface area contributed by atoms with Gasteiger partial charge in [0.2, 0.25) is 0 Å². The summed E-state index contributed by atoms with van der Waals surface area (Å²) < 4.78 is 1.66. The number of carbonyl (C=O) groups excluding carboxylic acids is 1. The van der Waals surface area contributed by atoms with Crippen LogP contribution in [0.15, 0.2) is 12.3 Å². The van der Waals surface area contributed by atoms with Crippen molar-refractivity contribution in [2.45, 2.75) is 20.3 Å². The second-order valence-corrected chi connectivity index (χ2v) is 3.22. The molecule has 2 heterocycles. The smallest absolute Gasteiger partial charge is 0.158 e. The van der Waals surface area contributed by atoms with Gasteiger partial charge in [-0.15, -0.1) is 0 Å². The Bertz CT molecular complexity index is 487. The molecule has 0 N–H and O–H groups in total. The Morgan fingerprint density at radius 2 is 2.36 bits per heavy atom. The quantitative estimate of drug-likeness (QED) is 0.671. The Labute approximate surface area is 81.6 Å². The molecule has 0 aromatic carbocycles. The fourth-order valence-electron chi connectivity index (χ4n) is 1.43. The molecule has 0 aliphatic heterocycles. The second-order valence-electron chi connectivity index (χ2n) is 3.22. The minimum Gasteiger partial charge on any atom is -0.298 e. The lowest BCUT2D eigenvalue weighted by molar-refractivity contribution is 0.112. The summed E-state index contributed by atoms with van der Waals surface area (Å²) in [6, 6.07) is 1.82. The van der Waals surface area contributed by atoms with Gasteiger partial charge in [-0.05, 0) is 18.6 Å². The molecule has 0 amide bonds. The number of hydrogen-bond donors (Lipinski definition) is 0. The van der Waals surface area contributed by atoms with Crippen LogP contribution < -0.4 is 0 Å². The number of aryl methyl sites for hydroxylation is 2. The van der Waals surface area contributed by atoms with Crippen molar-refractivity contribution in [3.05, 3.63) is 29.2 Å². The van der Waals surface area contributed by atoms with Crippen molar-refractivity contribution in [1.82, 2.24) is 14.6 Å². The lowest BCUT2D eigenvalue weighted by atomic mass is 10.2. The highest BCUT2D eigenvalue weighted by Gasteiger charge is 2.05. The van der Waals surface area contributed by atoms with E-state index in [9.17, 15) is 4.79 Å². The number of carbonyl (C=O) groups is 1.